The molecule has 0 fully saturated rings. The second-order valence-electron chi connectivity index (χ2n) is 6.29. The molecule has 2 heterocycles. The minimum absolute atomic E-state index is 0.111. The van der Waals surface area contributed by atoms with Crippen LogP contribution in [0.1, 0.15) is 22.3 Å². The molecular weight excluding hydrogens is 460 g/mol. The fraction of sp³-hybridized carbons (Fsp3) is 0.0870. The quantitative estimate of drug-likeness (QED) is 0.418. The largest absolute Gasteiger partial charge is 0.423 e. The summed E-state index contributed by atoms with van der Waals surface area (Å²) in [4.78, 5) is 27.7. The molecular formula is C23H15BrN4O3. The number of hydrogen-bond donors (Lipinski definition) is 0. The topological polar surface area (TPSA) is 113 Å². The molecule has 152 valence electrons. The van der Waals surface area contributed by atoms with Crippen molar-refractivity contribution in [2.24, 2.45) is 0 Å². The Balaban J connectivity index is 0.000000229. The first-order valence-electron chi connectivity index (χ1n) is 9.09. The van der Waals surface area contributed by atoms with E-state index < -0.39 is 11.4 Å². The summed E-state index contributed by atoms with van der Waals surface area (Å²) in [6, 6.07) is 21.8. The molecule has 0 atom stereocenters. The lowest BCUT2D eigenvalue weighted by Gasteiger charge is -2.08. The van der Waals surface area contributed by atoms with Crippen molar-refractivity contribution in [1.82, 2.24) is 9.55 Å². The number of benzene rings is 2. The molecule has 0 aliphatic carbocycles. The van der Waals surface area contributed by atoms with Gasteiger partial charge in [-0.25, -0.2) is 14.6 Å². The molecule has 0 bridgehead atoms. The molecule has 4 rings (SSSR count). The average molecular weight is 475 g/mol. The minimum Gasteiger partial charge on any atom is -0.372 e. The van der Waals surface area contributed by atoms with Crippen molar-refractivity contribution in [3.8, 4) is 12.1 Å². The van der Waals surface area contributed by atoms with Gasteiger partial charge in [-0.3, -0.25) is 4.57 Å². The zero-order valence-electron chi connectivity index (χ0n) is 16.2. The van der Waals surface area contributed by atoms with Crippen LogP contribution in [0.3, 0.4) is 0 Å². The van der Waals surface area contributed by atoms with Crippen molar-refractivity contribution in [3.05, 3.63) is 110 Å². The summed E-state index contributed by atoms with van der Waals surface area (Å²) < 4.78 is 5.94. The van der Waals surface area contributed by atoms with Crippen molar-refractivity contribution in [2.45, 2.75) is 11.9 Å². The molecule has 4 aromatic rings. The number of nitrogens with zero attached hydrogens (tertiary/aromatic N) is 4. The van der Waals surface area contributed by atoms with Crippen LogP contribution in [0.2, 0.25) is 0 Å². The van der Waals surface area contributed by atoms with E-state index in [2.05, 4.69) is 33.1 Å². The molecule has 2 aromatic heterocycles. The maximum absolute atomic E-state index is 11.9. The van der Waals surface area contributed by atoms with Crippen LogP contribution in [0.25, 0.3) is 11.0 Å². The van der Waals surface area contributed by atoms with Gasteiger partial charge in [0.15, 0.2) is 5.65 Å². The number of pyridine rings is 1. The molecule has 7 nitrogen and oxygen atoms in total. The molecule has 0 saturated carbocycles. The minimum atomic E-state index is -0.793. The van der Waals surface area contributed by atoms with Crippen LogP contribution in [0.15, 0.2) is 80.9 Å². The van der Waals surface area contributed by atoms with Crippen LogP contribution >= 0.6 is 15.9 Å². The number of halogens is 1. The third kappa shape index (κ3) is 4.95. The maximum atomic E-state index is 11.9. The van der Waals surface area contributed by atoms with Crippen LogP contribution in [-0.4, -0.2) is 9.55 Å². The number of fused-ring (bicyclic) bond motifs is 1. The van der Waals surface area contributed by atoms with Crippen LogP contribution < -0.4 is 11.4 Å². The van der Waals surface area contributed by atoms with Crippen LogP contribution in [-0.2, 0) is 11.9 Å². The Kier molecular flexibility index (Phi) is 7.10. The van der Waals surface area contributed by atoms with Crippen LogP contribution in [0.5, 0.6) is 0 Å². The number of rotatable bonds is 3. The second-order valence-corrected chi connectivity index (χ2v) is 6.85. The molecule has 0 saturated heterocycles. The van der Waals surface area contributed by atoms with Gasteiger partial charge >= 0.3 is 11.4 Å². The Labute approximate surface area is 185 Å². The van der Waals surface area contributed by atoms with Gasteiger partial charge in [-0.2, -0.15) is 10.5 Å². The number of aromatic nitrogens is 2. The Morgan fingerprint density at radius 2 is 1.52 bits per heavy atom. The third-order valence-electron chi connectivity index (χ3n) is 4.41. The first-order chi connectivity index (χ1) is 15.1. The maximum Gasteiger partial charge on any atom is 0.423 e. The van der Waals surface area contributed by atoms with Gasteiger partial charge in [0.1, 0.15) is 5.39 Å². The van der Waals surface area contributed by atoms with Crippen molar-refractivity contribution in [1.29, 1.82) is 10.5 Å². The highest BCUT2D eigenvalue weighted by molar-refractivity contribution is 9.08. The Hall–Kier alpha value is -4.01. The van der Waals surface area contributed by atoms with E-state index in [1.165, 1.54) is 10.8 Å². The summed E-state index contributed by atoms with van der Waals surface area (Å²) in [6.07, 6.45) is 1.49. The first kappa shape index (κ1) is 21.7. The molecule has 8 heteroatoms. The molecule has 0 unspecified atom stereocenters. The summed E-state index contributed by atoms with van der Waals surface area (Å²) in [5.41, 5.74) is 2.44. The van der Waals surface area contributed by atoms with Gasteiger partial charge in [0.05, 0.1) is 29.8 Å². The molecule has 0 aliphatic heterocycles. The summed E-state index contributed by atoms with van der Waals surface area (Å²) >= 11 is 3.30. The highest BCUT2D eigenvalue weighted by Crippen LogP contribution is 2.12. The van der Waals surface area contributed by atoms with Crippen molar-refractivity contribution in [2.75, 3.05) is 0 Å². The van der Waals surface area contributed by atoms with Gasteiger partial charge < -0.3 is 4.42 Å². The monoisotopic (exact) mass is 474 g/mol. The molecule has 0 N–H and O–H groups in total. The standard InChI is InChI=1S/C15H9N3O3.C8H6BrN/c16-8-10-4-1-2-5-11(10)9-18-13-12(6-3-7-17-13)14(19)21-15(18)20;9-5-7-3-1-2-4-8(7)6-10/h1-7H,9H2;1-4H,5H2. The normalized spacial score (nSPS) is 9.90. The zero-order valence-corrected chi connectivity index (χ0v) is 17.7. The van der Waals surface area contributed by atoms with E-state index in [-0.39, 0.29) is 17.6 Å². The van der Waals surface area contributed by atoms with E-state index in [0.717, 1.165) is 16.5 Å². The van der Waals surface area contributed by atoms with Gasteiger partial charge in [0, 0.05) is 11.5 Å². The van der Waals surface area contributed by atoms with E-state index >= 15 is 0 Å². The molecule has 0 amide bonds. The van der Waals surface area contributed by atoms with E-state index in [0.29, 0.717) is 11.1 Å². The number of hydrogen-bond acceptors (Lipinski definition) is 6. The van der Waals surface area contributed by atoms with E-state index in [9.17, 15) is 9.59 Å². The van der Waals surface area contributed by atoms with E-state index in [4.69, 9.17) is 14.9 Å². The third-order valence-corrected chi connectivity index (χ3v) is 5.01. The lowest BCUT2D eigenvalue weighted by Crippen LogP contribution is -2.26. The van der Waals surface area contributed by atoms with Gasteiger partial charge in [-0.1, -0.05) is 52.3 Å². The molecule has 0 spiro atoms. The number of alkyl halides is 1. The SMILES string of the molecule is N#Cc1ccccc1CBr.N#Cc1ccccc1Cn1c(=O)oc(=O)c2cccnc21. The highest BCUT2D eigenvalue weighted by atomic mass is 79.9. The van der Waals surface area contributed by atoms with E-state index in [1.807, 2.05) is 24.3 Å². The van der Waals surface area contributed by atoms with Gasteiger partial charge in [-0.15, -0.1) is 0 Å². The number of nitriles is 2. The molecule has 0 radical (unpaired) electrons. The average Bonchev–Trinajstić information content (AvgIpc) is 2.82. The van der Waals surface area contributed by atoms with Gasteiger partial charge in [-0.05, 0) is 35.4 Å². The van der Waals surface area contributed by atoms with Crippen molar-refractivity contribution in [3.63, 3.8) is 0 Å². The van der Waals surface area contributed by atoms with Crippen LogP contribution in [0, 0.1) is 22.7 Å². The lowest BCUT2D eigenvalue weighted by molar-refractivity contribution is 0.423. The second kappa shape index (κ2) is 10.1. The Morgan fingerprint density at radius 3 is 2.13 bits per heavy atom. The molecule has 0 aliphatic rings. The fourth-order valence-corrected chi connectivity index (χ4v) is 3.36. The summed E-state index contributed by atoms with van der Waals surface area (Å²) in [5.74, 6) is -0.793. The van der Waals surface area contributed by atoms with Gasteiger partial charge in [0.2, 0.25) is 0 Å². The Bertz CT molecular complexity index is 1430. The summed E-state index contributed by atoms with van der Waals surface area (Å²) in [6.45, 7) is 0.111. The summed E-state index contributed by atoms with van der Waals surface area (Å²) in [7, 11) is 0. The Morgan fingerprint density at radius 1 is 0.903 bits per heavy atom. The lowest BCUT2D eigenvalue weighted by atomic mass is 10.1. The van der Waals surface area contributed by atoms with Crippen molar-refractivity contribution >= 4 is 27.0 Å². The summed E-state index contributed by atoms with van der Waals surface area (Å²) in [5, 5.41) is 18.7. The van der Waals surface area contributed by atoms with Gasteiger partial charge in [0.25, 0.3) is 0 Å². The molecule has 2 aromatic carbocycles. The predicted octanol–water partition coefficient (Wildman–Crippen LogP) is 3.72. The van der Waals surface area contributed by atoms with E-state index in [1.54, 1.807) is 36.4 Å². The molecule has 31 heavy (non-hydrogen) atoms. The van der Waals surface area contributed by atoms with Crippen LogP contribution in [0.4, 0.5) is 0 Å². The highest BCUT2D eigenvalue weighted by Gasteiger charge is 2.12. The zero-order chi connectivity index (χ0) is 22.2. The fourth-order valence-electron chi connectivity index (χ4n) is 2.87. The smallest absolute Gasteiger partial charge is 0.372 e. The predicted molar refractivity (Wildman–Crippen MR) is 119 cm³/mol. The van der Waals surface area contributed by atoms with Crippen molar-refractivity contribution < 1.29 is 4.42 Å². The first-order valence-corrected chi connectivity index (χ1v) is 10.2.